The monoisotopic (exact) mass is 376 g/mol. The highest BCUT2D eigenvalue weighted by Crippen LogP contribution is 2.48. The van der Waals surface area contributed by atoms with E-state index >= 15 is 0 Å². The van der Waals surface area contributed by atoms with E-state index < -0.39 is 0 Å². The van der Waals surface area contributed by atoms with Crippen molar-refractivity contribution in [2.45, 2.75) is 33.1 Å². The first-order valence-corrected chi connectivity index (χ1v) is 10.3. The summed E-state index contributed by atoms with van der Waals surface area (Å²) in [6.45, 7) is 8.89. The lowest BCUT2D eigenvalue weighted by molar-refractivity contribution is 0.660. The predicted molar refractivity (Wildman–Crippen MR) is 125 cm³/mol. The first kappa shape index (κ1) is 19.2. The normalized spacial score (nSPS) is 13.1. The fourth-order valence-corrected chi connectivity index (χ4v) is 4.21. The molecule has 0 heterocycles. The standard InChI is InChI=1S/C16H16.C13H12/c1-11-8-9-15-13(10-11)12-6-4-5-7-14(12)16(15,2)3;1-11-7-9-13(10-8-11)12-5-3-2-4-6-12/h4-10H,1-3H3;2-10H,1H3. The number of rotatable bonds is 1. The summed E-state index contributed by atoms with van der Waals surface area (Å²) < 4.78 is 0. The Labute approximate surface area is 174 Å². The van der Waals surface area contributed by atoms with E-state index in [0.717, 1.165) is 0 Å². The maximum Gasteiger partial charge on any atom is 0.0158 e. The molecule has 0 aromatic heterocycles. The van der Waals surface area contributed by atoms with E-state index in [-0.39, 0.29) is 5.41 Å². The quantitative estimate of drug-likeness (QED) is 0.316. The maximum atomic E-state index is 2.31. The molecule has 1 aliphatic rings. The summed E-state index contributed by atoms with van der Waals surface area (Å²) in [5.74, 6) is 0. The molecular weight excluding hydrogens is 348 g/mol. The second-order valence-corrected chi connectivity index (χ2v) is 8.45. The zero-order valence-electron chi connectivity index (χ0n) is 17.7. The van der Waals surface area contributed by atoms with Crippen molar-refractivity contribution in [2.24, 2.45) is 0 Å². The summed E-state index contributed by atoms with van der Waals surface area (Å²) >= 11 is 0. The highest BCUT2D eigenvalue weighted by atomic mass is 14.4. The average molecular weight is 377 g/mol. The topological polar surface area (TPSA) is 0 Å². The summed E-state index contributed by atoms with van der Waals surface area (Å²) in [7, 11) is 0. The second kappa shape index (κ2) is 7.72. The Bertz CT molecular complexity index is 1120. The minimum absolute atomic E-state index is 0.152. The van der Waals surface area contributed by atoms with Crippen molar-refractivity contribution in [2.75, 3.05) is 0 Å². The van der Waals surface area contributed by atoms with Gasteiger partial charge in [0.05, 0.1) is 0 Å². The first-order valence-electron chi connectivity index (χ1n) is 10.3. The molecule has 0 N–H and O–H groups in total. The number of benzene rings is 4. The van der Waals surface area contributed by atoms with Crippen LogP contribution in [0.25, 0.3) is 22.3 Å². The molecule has 0 atom stereocenters. The van der Waals surface area contributed by atoms with Gasteiger partial charge in [0.15, 0.2) is 0 Å². The molecular formula is C29H28. The molecule has 29 heavy (non-hydrogen) atoms. The number of hydrogen-bond acceptors (Lipinski definition) is 0. The maximum absolute atomic E-state index is 2.31. The van der Waals surface area contributed by atoms with Crippen LogP contribution in [-0.4, -0.2) is 0 Å². The molecule has 0 saturated heterocycles. The first-order chi connectivity index (χ1) is 14.0. The fraction of sp³-hybridized carbons (Fsp3) is 0.172. The van der Waals surface area contributed by atoms with Gasteiger partial charge < -0.3 is 0 Å². The Morgan fingerprint density at radius 1 is 0.483 bits per heavy atom. The third-order valence-electron chi connectivity index (χ3n) is 5.90. The smallest absolute Gasteiger partial charge is 0.0158 e. The summed E-state index contributed by atoms with van der Waals surface area (Å²) in [6.07, 6.45) is 0. The Hall–Kier alpha value is -3.12. The molecule has 0 amide bonds. The predicted octanol–water partition coefficient (Wildman–Crippen LogP) is 7.96. The molecule has 144 valence electrons. The molecule has 5 rings (SSSR count). The van der Waals surface area contributed by atoms with Crippen molar-refractivity contribution < 1.29 is 0 Å². The van der Waals surface area contributed by atoms with Gasteiger partial charge >= 0.3 is 0 Å². The zero-order chi connectivity index (χ0) is 20.4. The second-order valence-electron chi connectivity index (χ2n) is 8.45. The van der Waals surface area contributed by atoms with Gasteiger partial charge in [0.1, 0.15) is 0 Å². The minimum atomic E-state index is 0.152. The lowest BCUT2D eigenvalue weighted by Crippen LogP contribution is -2.14. The van der Waals surface area contributed by atoms with E-state index in [9.17, 15) is 0 Å². The minimum Gasteiger partial charge on any atom is -0.0622 e. The van der Waals surface area contributed by atoms with E-state index in [0.29, 0.717) is 0 Å². The highest BCUT2D eigenvalue weighted by molar-refractivity contribution is 5.80. The van der Waals surface area contributed by atoms with Crippen LogP contribution >= 0.6 is 0 Å². The van der Waals surface area contributed by atoms with Crippen LogP contribution in [0.4, 0.5) is 0 Å². The molecule has 0 radical (unpaired) electrons. The van der Waals surface area contributed by atoms with Crippen molar-refractivity contribution in [3.8, 4) is 22.3 Å². The lowest BCUT2D eigenvalue weighted by Gasteiger charge is -2.21. The van der Waals surface area contributed by atoms with Gasteiger partial charge in [0, 0.05) is 5.41 Å². The van der Waals surface area contributed by atoms with Crippen LogP contribution in [0.1, 0.15) is 36.1 Å². The molecule has 0 saturated carbocycles. The van der Waals surface area contributed by atoms with Crippen molar-refractivity contribution in [1.82, 2.24) is 0 Å². The van der Waals surface area contributed by atoms with Crippen LogP contribution in [0.3, 0.4) is 0 Å². The van der Waals surface area contributed by atoms with Crippen LogP contribution in [0.5, 0.6) is 0 Å². The fourth-order valence-electron chi connectivity index (χ4n) is 4.21. The summed E-state index contributed by atoms with van der Waals surface area (Å²) in [4.78, 5) is 0. The van der Waals surface area contributed by atoms with Gasteiger partial charge in [-0.05, 0) is 47.2 Å². The van der Waals surface area contributed by atoms with E-state index in [2.05, 4.69) is 119 Å². The number of hydrogen-bond donors (Lipinski definition) is 0. The summed E-state index contributed by atoms with van der Waals surface area (Å²) in [6, 6.07) is 34.6. The zero-order valence-corrected chi connectivity index (χ0v) is 17.7. The molecule has 1 aliphatic carbocycles. The van der Waals surface area contributed by atoms with Crippen molar-refractivity contribution >= 4 is 0 Å². The Morgan fingerprint density at radius 2 is 1.03 bits per heavy atom. The number of fused-ring (bicyclic) bond motifs is 3. The van der Waals surface area contributed by atoms with Crippen molar-refractivity contribution in [3.63, 3.8) is 0 Å². The van der Waals surface area contributed by atoms with Gasteiger partial charge in [-0.25, -0.2) is 0 Å². The third-order valence-corrected chi connectivity index (χ3v) is 5.90. The SMILES string of the molecule is Cc1ccc(-c2ccccc2)cc1.Cc1ccc2c(c1)-c1ccccc1C2(C)C. The summed E-state index contributed by atoms with van der Waals surface area (Å²) in [5.41, 5.74) is 11.1. The van der Waals surface area contributed by atoms with Crippen LogP contribution < -0.4 is 0 Å². The van der Waals surface area contributed by atoms with E-state index in [1.54, 1.807) is 0 Å². The molecule has 0 bridgehead atoms. The van der Waals surface area contributed by atoms with Gasteiger partial charge in [0.25, 0.3) is 0 Å². The van der Waals surface area contributed by atoms with Gasteiger partial charge in [-0.2, -0.15) is 0 Å². The van der Waals surface area contributed by atoms with E-state index in [1.165, 1.54) is 44.5 Å². The van der Waals surface area contributed by atoms with E-state index in [4.69, 9.17) is 0 Å². The molecule has 0 aliphatic heterocycles. The molecule has 4 aromatic rings. The highest BCUT2D eigenvalue weighted by Gasteiger charge is 2.34. The Balaban J connectivity index is 0.000000145. The molecule has 0 fully saturated rings. The average Bonchev–Trinajstić information content (AvgIpc) is 2.97. The molecule has 0 unspecified atom stereocenters. The van der Waals surface area contributed by atoms with Crippen molar-refractivity contribution in [1.29, 1.82) is 0 Å². The molecule has 0 nitrogen and oxygen atoms in total. The van der Waals surface area contributed by atoms with Gasteiger partial charge in [-0.3, -0.25) is 0 Å². The lowest BCUT2D eigenvalue weighted by atomic mass is 9.82. The Kier molecular flexibility index (Phi) is 5.11. The molecule has 0 heteroatoms. The van der Waals surface area contributed by atoms with E-state index in [1.807, 2.05) is 6.07 Å². The van der Waals surface area contributed by atoms with Gasteiger partial charge in [-0.15, -0.1) is 0 Å². The van der Waals surface area contributed by atoms with Crippen LogP contribution in [0.2, 0.25) is 0 Å². The molecule has 4 aromatic carbocycles. The van der Waals surface area contributed by atoms with Crippen LogP contribution in [0.15, 0.2) is 97.1 Å². The number of aryl methyl sites for hydroxylation is 2. The van der Waals surface area contributed by atoms with Crippen molar-refractivity contribution in [3.05, 3.63) is 119 Å². The van der Waals surface area contributed by atoms with Crippen LogP contribution in [0, 0.1) is 13.8 Å². The summed E-state index contributed by atoms with van der Waals surface area (Å²) in [5, 5.41) is 0. The Morgan fingerprint density at radius 3 is 1.76 bits per heavy atom. The van der Waals surface area contributed by atoms with Gasteiger partial charge in [-0.1, -0.05) is 122 Å². The largest absolute Gasteiger partial charge is 0.0622 e. The van der Waals surface area contributed by atoms with Crippen LogP contribution in [-0.2, 0) is 5.41 Å². The third kappa shape index (κ3) is 3.76. The van der Waals surface area contributed by atoms with Gasteiger partial charge in [0.2, 0.25) is 0 Å². The molecule has 0 spiro atoms.